The summed E-state index contributed by atoms with van der Waals surface area (Å²) in [4.78, 5) is 4.16. The first-order chi connectivity index (χ1) is 7.25. The lowest BCUT2D eigenvalue weighted by molar-refractivity contribution is 0.471. The fourth-order valence-electron chi connectivity index (χ4n) is 1.24. The number of nitrogens with one attached hydrogen (secondary N) is 1. The summed E-state index contributed by atoms with van der Waals surface area (Å²) in [6.07, 6.45) is 0. The summed E-state index contributed by atoms with van der Waals surface area (Å²) < 4.78 is 0. The minimum atomic E-state index is 0.318. The van der Waals surface area contributed by atoms with Crippen LogP contribution in [0, 0.1) is 6.92 Å². The highest BCUT2D eigenvalue weighted by Gasteiger charge is 1.99. The van der Waals surface area contributed by atoms with Crippen LogP contribution < -0.4 is 5.32 Å². The predicted molar refractivity (Wildman–Crippen MR) is 62.3 cm³/mol. The van der Waals surface area contributed by atoms with Gasteiger partial charge in [0.05, 0.1) is 17.7 Å². The summed E-state index contributed by atoms with van der Waals surface area (Å²) in [6.45, 7) is 2.56. The highest BCUT2D eigenvalue weighted by Crippen LogP contribution is 2.21. The van der Waals surface area contributed by atoms with E-state index in [9.17, 15) is 5.11 Å². The largest absolute Gasteiger partial charge is 0.508 e. The van der Waals surface area contributed by atoms with Gasteiger partial charge < -0.3 is 10.4 Å². The number of benzene rings is 1. The van der Waals surface area contributed by atoms with Gasteiger partial charge in [-0.3, -0.25) is 0 Å². The Morgan fingerprint density at radius 2 is 2.33 bits per heavy atom. The molecule has 0 saturated heterocycles. The molecule has 15 heavy (non-hydrogen) atoms. The number of aromatic nitrogens is 1. The Morgan fingerprint density at radius 1 is 1.47 bits per heavy atom. The van der Waals surface area contributed by atoms with Gasteiger partial charge in [0.1, 0.15) is 5.75 Å². The molecule has 2 N–H and O–H groups in total. The zero-order valence-electron chi connectivity index (χ0n) is 8.40. The van der Waals surface area contributed by atoms with E-state index < -0.39 is 0 Å². The van der Waals surface area contributed by atoms with Gasteiger partial charge in [0.2, 0.25) is 0 Å². The van der Waals surface area contributed by atoms with E-state index in [4.69, 9.17) is 0 Å². The highest BCUT2D eigenvalue weighted by molar-refractivity contribution is 7.07. The van der Waals surface area contributed by atoms with Crippen LogP contribution in [-0.2, 0) is 6.54 Å². The molecular formula is C11H12N2OS. The fraction of sp³-hybridized carbons (Fsp3) is 0.182. The van der Waals surface area contributed by atoms with E-state index in [-0.39, 0.29) is 0 Å². The Kier molecular flexibility index (Phi) is 2.87. The third-order valence-electron chi connectivity index (χ3n) is 2.17. The van der Waals surface area contributed by atoms with Crippen LogP contribution in [0.25, 0.3) is 0 Å². The number of anilines is 1. The van der Waals surface area contributed by atoms with E-state index in [2.05, 4.69) is 10.3 Å². The molecule has 0 fully saturated rings. The van der Waals surface area contributed by atoms with Gasteiger partial charge in [0.25, 0.3) is 0 Å². The molecule has 2 aromatic rings. The first-order valence-electron chi connectivity index (χ1n) is 4.66. The summed E-state index contributed by atoms with van der Waals surface area (Å²) in [7, 11) is 0. The van der Waals surface area contributed by atoms with Crippen molar-refractivity contribution in [1.82, 2.24) is 4.98 Å². The Balaban J connectivity index is 2.02. The summed E-state index contributed by atoms with van der Waals surface area (Å²) >= 11 is 1.58. The number of thiazole rings is 1. The molecule has 0 amide bonds. The molecule has 0 radical (unpaired) electrons. The van der Waals surface area contributed by atoms with Gasteiger partial charge in [0.15, 0.2) is 0 Å². The van der Waals surface area contributed by atoms with Crippen LogP contribution >= 0.6 is 11.3 Å². The van der Waals surface area contributed by atoms with Gasteiger partial charge in [-0.05, 0) is 18.6 Å². The van der Waals surface area contributed by atoms with Gasteiger partial charge in [-0.1, -0.05) is 6.07 Å². The third-order valence-corrected chi connectivity index (χ3v) is 2.80. The smallest absolute Gasteiger partial charge is 0.120 e. The zero-order chi connectivity index (χ0) is 10.7. The maximum Gasteiger partial charge on any atom is 0.120 e. The number of nitrogens with zero attached hydrogens (tertiary/aromatic N) is 1. The van der Waals surface area contributed by atoms with Gasteiger partial charge in [-0.2, -0.15) is 0 Å². The molecule has 0 atom stereocenters. The maximum atomic E-state index is 9.50. The van der Waals surface area contributed by atoms with E-state index in [1.165, 1.54) is 0 Å². The Morgan fingerprint density at radius 3 is 3.00 bits per heavy atom. The lowest BCUT2D eigenvalue weighted by atomic mass is 10.2. The van der Waals surface area contributed by atoms with Gasteiger partial charge in [-0.25, -0.2) is 4.98 Å². The fourth-order valence-corrected chi connectivity index (χ4v) is 1.80. The summed E-state index contributed by atoms with van der Waals surface area (Å²) in [5.41, 5.74) is 4.62. The number of hydrogen-bond acceptors (Lipinski definition) is 4. The first-order valence-corrected chi connectivity index (χ1v) is 5.60. The SMILES string of the molecule is Cc1ccc(NCc2cscn2)cc1O. The lowest BCUT2D eigenvalue weighted by Crippen LogP contribution is -1.99. The molecule has 4 heteroatoms. The molecule has 3 nitrogen and oxygen atoms in total. The average molecular weight is 220 g/mol. The molecule has 78 valence electrons. The summed E-state index contributed by atoms with van der Waals surface area (Å²) in [5.74, 6) is 0.318. The zero-order valence-corrected chi connectivity index (χ0v) is 9.21. The van der Waals surface area contributed by atoms with Crippen molar-refractivity contribution in [1.29, 1.82) is 0 Å². The quantitative estimate of drug-likeness (QED) is 0.836. The number of phenolic OH excluding ortho intramolecular Hbond substituents is 1. The number of rotatable bonds is 3. The molecule has 0 spiro atoms. The van der Waals surface area contributed by atoms with Crippen LogP contribution in [-0.4, -0.2) is 10.1 Å². The van der Waals surface area contributed by atoms with E-state index in [0.717, 1.165) is 16.9 Å². The van der Waals surface area contributed by atoms with E-state index in [0.29, 0.717) is 12.3 Å². The number of aromatic hydroxyl groups is 1. The molecule has 0 aliphatic heterocycles. The van der Waals surface area contributed by atoms with Crippen molar-refractivity contribution < 1.29 is 5.11 Å². The van der Waals surface area contributed by atoms with Crippen molar-refractivity contribution in [2.45, 2.75) is 13.5 Å². The second-order valence-corrected chi connectivity index (χ2v) is 4.05. The Labute approximate surface area is 92.4 Å². The molecule has 1 aromatic heterocycles. The normalized spacial score (nSPS) is 10.2. The molecule has 0 aliphatic carbocycles. The van der Waals surface area contributed by atoms with Crippen molar-refractivity contribution in [3.05, 3.63) is 40.3 Å². The molecule has 1 aromatic carbocycles. The molecule has 0 aliphatic rings. The van der Waals surface area contributed by atoms with E-state index in [1.807, 2.05) is 29.9 Å². The Bertz CT molecular complexity index is 440. The van der Waals surface area contributed by atoms with Crippen LogP contribution in [0.3, 0.4) is 0 Å². The van der Waals surface area contributed by atoms with E-state index in [1.54, 1.807) is 17.4 Å². The predicted octanol–water partition coefficient (Wildman–Crippen LogP) is 2.77. The molecule has 0 bridgehead atoms. The molecular weight excluding hydrogens is 208 g/mol. The van der Waals surface area contributed by atoms with Crippen LogP contribution in [0.5, 0.6) is 5.75 Å². The standard InChI is InChI=1S/C11H12N2OS/c1-8-2-3-9(4-11(8)14)12-5-10-6-15-7-13-10/h2-4,6-7,12,14H,5H2,1H3. The number of hydrogen-bond donors (Lipinski definition) is 2. The molecule has 0 saturated carbocycles. The lowest BCUT2D eigenvalue weighted by Gasteiger charge is -2.06. The number of aryl methyl sites for hydroxylation is 1. The van der Waals surface area contributed by atoms with Crippen LogP contribution in [0.4, 0.5) is 5.69 Å². The van der Waals surface area contributed by atoms with Crippen LogP contribution in [0.2, 0.25) is 0 Å². The number of phenols is 1. The monoisotopic (exact) mass is 220 g/mol. The second kappa shape index (κ2) is 4.31. The van der Waals surface area contributed by atoms with Crippen molar-refractivity contribution in [3.63, 3.8) is 0 Å². The Hall–Kier alpha value is -1.55. The van der Waals surface area contributed by atoms with Crippen molar-refractivity contribution >= 4 is 17.0 Å². The highest BCUT2D eigenvalue weighted by atomic mass is 32.1. The maximum absolute atomic E-state index is 9.50. The molecule has 2 rings (SSSR count). The minimum absolute atomic E-state index is 0.318. The van der Waals surface area contributed by atoms with Crippen LogP contribution in [0.1, 0.15) is 11.3 Å². The van der Waals surface area contributed by atoms with Gasteiger partial charge >= 0.3 is 0 Å². The molecule has 1 heterocycles. The van der Waals surface area contributed by atoms with Crippen molar-refractivity contribution in [2.24, 2.45) is 0 Å². The van der Waals surface area contributed by atoms with Crippen molar-refractivity contribution in [2.75, 3.05) is 5.32 Å². The summed E-state index contributed by atoms with van der Waals surface area (Å²) in [5, 5.41) is 14.7. The third kappa shape index (κ3) is 2.47. The average Bonchev–Trinajstić information content (AvgIpc) is 2.73. The van der Waals surface area contributed by atoms with Gasteiger partial charge in [0, 0.05) is 17.1 Å². The van der Waals surface area contributed by atoms with Gasteiger partial charge in [-0.15, -0.1) is 11.3 Å². The second-order valence-electron chi connectivity index (χ2n) is 3.33. The topological polar surface area (TPSA) is 45.2 Å². The van der Waals surface area contributed by atoms with Crippen LogP contribution in [0.15, 0.2) is 29.1 Å². The van der Waals surface area contributed by atoms with Crippen molar-refractivity contribution in [3.8, 4) is 5.75 Å². The summed E-state index contributed by atoms with van der Waals surface area (Å²) in [6, 6.07) is 5.56. The first kappa shape index (κ1) is 9.98. The minimum Gasteiger partial charge on any atom is -0.508 e. The van der Waals surface area contributed by atoms with E-state index >= 15 is 0 Å². The molecule has 0 unspecified atom stereocenters.